The Labute approximate surface area is 52.8 Å². The molecular formula is C4H8ClNO2. The number of nitrogens with one attached hydrogen (secondary N) is 1. The maximum atomic E-state index is 10.0. The molecule has 1 atom stereocenters. The van der Waals surface area contributed by atoms with Crippen LogP contribution in [0.1, 0.15) is 13.3 Å². The van der Waals surface area contributed by atoms with Crippen LogP contribution in [-0.4, -0.2) is 17.1 Å². The molecule has 0 fully saturated rings. The lowest BCUT2D eigenvalue weighted by atomic mass is 10.2. The van der Waals surface area contributed by atoms with E-state index >= 15 is 0 Å². The third-order valence-electron chi connectivity index (χ3n) is 0.838. The van der Waals surface area contributed by atoms with Crippen LogP contribution in [0.15, 0.2) is 0 Å². The number of carboxylic acid groups (broad SMARTS) is 1. The number of hydrogen-bond donors (Lipinski definition) is 2. The topological polar surface area (TPSA) is 49.3 Å². The first-order chi connectivity index (χ1) is 3.72. The fourth-order valence-electron chi connectivity index (χ4n) is 0.298. The lowest BCUT2D eigenvalue weighted by molar-refractivity contribution is -0.139. The van der Waals surface area contributed by atoms with Crippen LogP contribution < -0.4 is 4.84 Å². The van der Waals surface area contributed by atoms with E-state index < -0.39 is 12.0 Å². The molecule has 0 amide bonds. The van der Waals surface area contributed by atoms with E-state index in [-0.39, 0.29) is 0 Å². The highest BCUT2D eigenvalue weighted by Crippen LogP contribution is 1.90. The molecular weight excluding hydrogens is 130 g/mol. The summed E-state index contributed by atoms with van der Waals surface area (Å²) in [6.45, 7) is 1.74. The van der Waals surface area contributed by atoms with Gasteiger partial charge in [0.2, 0.25) is 0 Å². The summed E-state index contributed by atoms with van der Waals surface area (Å²) in [7, 11) is 0. The summed E-state index contributed by atoms with van der Waals surface area (Å²) in [5, 5.41) is 8.23. The smallest absolute Gasteiger partial charge is 0.321 e. The Morgan fingerprint density at radius 3 is 2.50 bits per heavy atom. The number of carboxylic acids is 1. The van der Waals surface area contributed by atoms with E-state index in [2.05, 4.69) is 4.84 Å². The second-order valence-corrected chi connectivity index (χ2v) is 1.63. The van der Waals surface area contributed by atoms with Gasteiger partial charge in [0.1, 0.15) is 6.04 Å². The Hall–Kier alpha value is -0.280. The van der Waals surface area contributed by atoms with Crippen LogP contribution in [-0.2, 0) is 4.79 Å². The van der Waals surface area contributed by atoms with Gasteiger partial charge in [-0.1, -0.05) is 6.92 Å². The molecule has 0 rings (SSSR count). The third kappa shape index (κ3) is 2.14. The number of halogens is 1. The summed E-state index contributed by atoms with van der Waals surface area (Å²) < 4.78 is 0. The molecule has 0 saturated heterocycles. The van der Waals surface area contributed by atoms with E-state index in [4.69, 9.17) is 16.9 Å². The van der Waals surface area contributed by atoms with Gasteiger partial charge in [0, 0.05) is 0 Å². The second-order valence-electron chi connectivity index (χ2n) is 1.41. The van der Waals surface area contributed by atoms with E-state index in [9.17, 15) is 4.79 Å². The van der Waals surface area contributed by atoms with Gasteiger partial charge in [-0.15, -0.1) is 0 Å². The second kappa shape index (κ2) is 3.69. The fraction of sp³-hybridized carbons (Fsp3) is 0.750. The van der Waals surface area contributed by atoms with Gasteiger partial charge >= 0.3 is 5.97 Å². The Balaban J connectivity index is 3.52. The average molecular weight is 138 g/mol. The molecule has 8 heavy (non-hydrogen) atoms. The molecule has 48 valence electrons. The van der Waals surface area contributed by atoms with Gasteiger partial charge in [-0.2, -0.15) is 0 Å². The monoisotopic (exact) mass is 137 g/mol. The van der Waals surface area contributed by atoms with Crippen molar-refractivity contribution in [1.82, 2.24) is 4.84 Å². The predicted octanol–water partition coefficient (Wildman–Crippen LogP) is 0.593. The molecule has 0 aromatic heterocycles. The third-order valence-corrected chi connectivity index (χ3v) is 1.10. The molecule has 0 saturated carbocycles. The molecule has 0 radical (unpaired) electrons. The average Bonchev–Trinajstić information content (AvgIpc) is 1.69. The highest BCUT2D eigenvalue weighted by Gasteiger charge is 2.11. The van der Waals surface area contributed by atoms with Gasteiger partial charge in [0.25, 0.3) is 0 Å². The van der Waals surface area contributed by atoms with Crippen LogP contribution in [0.3, 0.4) is 0 Å². The number of aliphatic carboxylic acids is 1. The molecule has 1 unspecified atom stereocenters. The Morgan fingerprint density at radius 1 is 2.00 bits per heavy atom. The van der Waals surface area contributed by atoms with E-state index in [1.807, 2.05) is 0 Å². The first kappa shape index (κ1) is 7.72. The Kier molecular flexibility index (Phi) is 3.56. The first-order valence-electron chi connectivity index (χ1n) is 2.31. The summed E-state index contributed by atoms with van der Waals surface area (Å²) in [4.78, 5) is 12.1. The van der Waals surface area contributed by atoms with Crippen molar-refractivity contribution in [2.45, 2.75) is 19.4 Å². The van der Waals surface area contributed by atoms with Crippen molar-refractivity contribution < 1.29 is 9.90 Å². The molecule has 0 aliphatic heterocycles. The fourth-order valence-corrected chi connectivity index (χ4v) is 0.546. The van der Waals surface area contributed by atoms with Crippen molar-refractivity contribution in [2.75, 3.05) is 0 Å². The van der Waals surface area contributed by atoms with E-state index in [0.29, 0.717) is 6.42 Å². The summed E-state index contributed by atoms with van der Waals surface area (Å²) in [5.41, 5.74) is 0. The molecule has 3 nitrogen and oxygen atoms in total. The molecule has 0 aliphatic carbocycles. The van der Waals surface area contributed by atoms with Crippen molar-refractivity contribution in [2.24, 2.45) is 0 Å². The molecule has 0 bridgehead atoms. The summed E-state index contributed by atoms with van der Waals surface area (Å²) in [6.07, 6.45) is 0.499. The number of hydrogen-bond acceptors (Lipinski definition) is 2. The first-order valence-corrected chi connectivity index (χ1v) is 2.69. The van der Waals surface area contributed by atoms with Gasteiger partial charge in [-0.05, 0) is 18.2 Å². The molecule has 0 aromatic carbocycles. The zero-order valence-corrected chi connectivity index (χ0v) is 5.27. The van der Waals surface area contributed by atoms with Gasteiger partial charge in [-0.3, -0.25) is 4.79 Å². The van der Waals surface area contributed by atoms with Crippen molar-refractivity contribution in [3.63, 3.8) is 0 Å². The lowest BCUT2D eigenvalue weighted by Crippen LogP contribution is -2.29. The minimum Gasteiger partial charge on any atom is -0.480 e. The quantitative estimate of drug-likeness (QED) is 0.560. The van der Waals surface area contributed by atoms with Crippen molar-refractivity contribution in [1.29, 1.82) is 0 Å². The Morgan fingerprint density at radius 2 is 2.50 bits per heavy atom. The molecule has 4 heteroatoms. The maximum absolute atomic E-state index is 10.0. The number of carbonyl (C=O) groups is 1. The minimum absolute atomic E-state index is 0.499. The highest BCUT2D eigenvalue weighted by molar-refractivity contribution is 6.14. The maximum Gasteiger partial charge on any atom is 0.321 e. The van der Waals surface area contributed by atoms with Crippen LogP contribution in [0.4, 0.5) is 0 Å². The van der Waals surface area contributed by atoms with Crippen LogP contribution in [0.25, 0.3) is 0 Å². The van der Waals surface area contributed by atoms with Gasteiger partial charge < -0.3 is 5.11 Å². The zero-order chi connectivity index (χ0) is 6.57. The largest absolute Gasteiger partial charge is 0.480 e. The van der Waals surface area contributed by atoms with Crippen LogP contribution in [0, 0.1) is 0 Å². The molecule has 0 spiro atoms. The van der Waals surface area contributed by atoms with Gasteiger partial charge in [-0.25, -0.2) is 4.84 Å². The van der Waals surface area contributed by atoms with Crippen LogP contribution >= 0.6 is 11.8 Å². The minimum atomic E-state index is -0.914. The lowest BCUT2D eigenvalue weighted by Gasteiger charge is -2.02. The van der Waals surface area contributed by atoms with Crippen LogP contribution in [0.2, 0.25) is 0 Å². The van der Waals surface area contributed by atoms with Crippen molar-refractivity contribution >= 4 is 17.7 Å². The van der Waals surface area contributed by atoms with Gasteiger partial charge in [0.05, 0.1) is 0 Å². The normalized spacial score (nSPS) is 13.2. The van der Waals surface area contributed by atoms with E-state index in [1.54, 1.807) is 6.92 Å². The molecule has 0 heterocycles. The van der Waals surface area contributed by atoms with E-state index in [0.717, 1.165) is 0 Å². The van der Waals surface area contributed by atoms with Crippen molar-refractivity contribution in [3.8, 4) is 0 Å². The van der Waals surface area contributed by atoms with E-state index in [1.165, 1.54) is 0 Å². The SMILES string of the molecule is CCC(NCl)C(=O)O. The zero-order valence-electron chi connectivity index (χ0n) is 4.52. The summed E-state index contributed by atoms with van der Waals surface area (Å²) in [5.74, 6) is -0.914. The molecule has 0 aliphatic rings. The molecule has 2 N–H and O–H groups in total. The summed E-state index contributed by atoms with van der Waals surface area (Å²) in [6, 6.07) is -0.614. The standard InChI is InChI=1S/C4H8ClNO2/c1-2-3(6-5)4(7)8/h3,6H,2H2,1H3,(H,7,8). The summed E-state index contributed by atoms with van der Waals surface area (Å²) >= 11 is 5.03. The molecule has 0 aromatic rings. The Bertz CT molecular complexity index is 82.1. The predicted molar refractivity (Wildman–Crippen MR) is 30.7 cm³/mol. The van der Waals surface area contributed by atoms with Crippen molar-refractivity contribution in [3.05, 3.63) is 0 Å². The number of rotatable bonds is 3. The van der Waals surface area contributed by atoms with Gasteiger partial charge in [0.15, 0.2) is 0 Å². The van der Waals surface area contributed by atoms with Crippen LogP contribution in [0.5, 0.6) is 0 Å². The highest BCUT2D eigenvalue weighted by atomic mass is 35.5.